The fourth-order valence-electron chi connectivity index (χ4n) is 5.52. The number of para-hydroxylation sites is 1. The number of hydrogen-bond acceptors (Lipinski definition) is 3. The molecule has 5 nitrogen and oxygen atoms in total. The number of carbonyl (C=O) groups is 2. The molecule has 0 atom stereocenters. The number of amides is 2. The predicted molar refractivity (Wildman–Crippen MR) is 147 cm³/mol. The number of hydrogen-bond donors (Lipinski definition) is 1. The van der Waals surface area contributed by atoms with E-state index in [1.54, 1.807) is 0 Å². The van der Waals surface area contributed by atoms with Gasteiger partial charge in [-0.15, -0.1) is 0 Å². The van der Waals surface area contributed by atoms with Crippen LogP contribution >= 0.6 is 0 Å². The number of nitrogens with zero attached hydrogens (tertiary/aromatic N) is 2. The topological polar surface area (TPSA) is 62.3 Å². The van der Waals surface area contributed by atoms with Gasteiger partial charge in [0.2, 0.25) is 0 Å². The highest BCUT2D eigenvalue weighted by Crippen LogP contribution is 2.38. The summed E-state index contributed by atoms with van der Waals surface area (Å²) in [5.41, 5.74) is 6.66. The maximum Gasteiger partial charge on any atom is 0.254 e. The smallest absolute Gasteiger partial charge is 0.254 e. The Labute approximate surface area is 216 Å². The van der Waals surface area contributed by atoms with Gasteiger partial charge in [-0.05, 0) is 66.7 Å². The SMILES string of the molecule is O=C(NC1CCN(C(=O)c2c3c(nc4ccccc24)/C(=C/c2ccccc2)CC3)CC1)c1ccccc1. The zero-order valence-electron chi connectivity index (χ0n) is 20.7. The van der Waals surface area contributed by atoms with Crippen LogP contribution in [0.2, 0.25) is 0 Å². The molecule has 2 aliphatic rings. The summed E-state index contributed by atoms with van der Waals surface area (Å²) in [6.45, 7) is 1.24. The van der Waals surface area contributed by atoms with Crippen molar-refractivity contribution in [1.29, 1.82) is 0 Å². The third-order valence-electron chi connectivity index (χ3n) is 7.45. The summed E-state index contributed by atoms with van der Waals surface area (Å²) >= 11 is 0. The fourth-order valence-corrected chi connectivity index (χ4v) is 5.52. The van der Waals surface area contributed by atoms with Gasteiger partial charge < -0.3 is 10.2 Å². The van der Waals surface area contributed by atoms with E-state index in [0.29, 0.717) is 18.7 Å². The molecule has 184 valence electrons. The van der Waals surface area contributed by atoms with Gasteiger partial charge in [0.15, 0.2) is 0 Å². The standard InChI is InChI=1S/C32H29N3O2/c36-31(23-11-5-2-6-12-23)33-25-17-19-35(20-18-25)32(37)29-26-13-7-8-14-28(26)34-30-24(15-16-27(29)30)21-22-9-3-1-4-10-22/h1-14,21,25H,15-20H2,(H,33,36)/b24-21+. The van der Waals surface area contributed by atoms with Crippen LogP contribution in [-0.2, 0) is 6.42 Å². The first-order chi connectivity index (χ1) is 18.2. The first-order valence-corrected chi connectivity index (χ1v) is 13.0. The number of likely N-dealkylation sites (tertiary alicyclic amines) is 1. The van der Waals surface area contributed by atoms with Gasteiger partial charge in [0.1, 0.15) is 0 Å². The van der Waals surface area contributed by atoms with Crippen LogP contribution in [-0.4, -0.2) is 40.8 Å². The number of nitrogens with one attached hydrogen (secondary N) is 1. The van der Waals surface area contributed by atoms with E-state index in [2.05, 4.69) is 23.5 Å². The summed E-state index contributed by atoms with van der Waals surface area (Å²) < 4.78 is 0. The van der Waals surface area contributed by atoms with Gasteiger partial charge in [0.25, 0.3) is 11.8 Å². The van der Waals surface area contributed by atoms with Crippen LogP contribution in [0.4, 0.5) is 0 Å². The van der Waals surface area contributed by atoms with Crippen molar-refractivity contribution in [3.05, 3.63) is 113 Å². The molecule has 0 radical (unpaired) electrons. The Morgan fingerprint density at radius 2 is 1.51 bits per heavy atom. The molecular weight excluding hydrogens is 458 g/mol. The van der Waals surface area contributed by atoms with Crippen molar-refractivity contribution in [2.24, 2.45) is 0 Å². The molecule has 1 fully saturated rings. The molecule has 2 heterocycles. The van der Waals surface area contributed by atoms with Crippen molar-refractivity contribution >= 4 is 34.4 Å². The maximum absolute atomic E-state index is 14.0. The Morgan fingerprint density at radius 1 is 0.838 bits per heavy atom. The highest BCUT2D eigenvalue weighted by Gasteiger charge is 2.31. The summed E-state index contributed by atoms with van der Waals surface area (Å²) in [5.74, 6) is 0.0182. The van der Waals surface area contributed by atoms with E-state index in [4.69, 9.17) is 4.98 Å². The summed E-state index contributed by atoms with van der Waals surface area (Å²) in [7, 11) is 0. The van der Waals surface area contributed by atoms with Crippen LogP contribution in [0.25, 0.3) is 22.6 Å². The minimum atomic E-state index is -0.0546. The van der Waals surface area contributed by atoms with Crippen LogP contribution < -0.4 is 5.32 Å². The first-order valence-electron chi connectivity index (χ1n) is 13.0. The second-order valence-corrected chi connectivity index (χ2v) is 9.82. The summed E-state index contributed by atoms with van der Waals surface area (Å²) in [4.78, 5) is 33.5. The van der Waals surface area contributed by atoms with Crippen molar-refractivity contribution in [2.75, 3.05) is 13.1 Å². The lowest BCUT2D eigenvalue weighted by Gasteiger charge is -2.33. The summed E-state index contributed by atoms with van der Waals surface area (Å²) in [6, 6.07) is 27.6. The lowest BCUT2D eigenvalue weighted by Crippen LogP contribution is -2.46. The number of pyridine rings is 1. The maximum atomic E-state index is 14.0. The molecule has 2 amide bonds. The molecular formula is C32H29N3O2. The minimum Gasteiger partial charge on any atom is -0.349 e. The molecule has 3 aromatic carbocycles. The highest BCUT2D eigenvalue weighted by molar-refractivity contribution is 6.09. The molecule has 0 spiro atoms. The zero-order chi connectivity index (χ0) is 25.2. The number of allylic oxidation sites excluding steroid dienone is 1. The molecule has 0 unspecified atom stereocenters. The summed E-state index contributed by atoms with van der Waals surface area (Å²) in [5, 5.41) is 4.06. The molecule has 4 aromatic rings. The van der Waals surface area contributed by atoms with Gasteiger partial charge in [-0.2, -0.15) is 0 Å². The molecule has 37 heavy (non-hydrogen) atoms. The largest absolute Gasteiger partial charge is 0.349 e. The van der Waals surface area contributed by atoms with Crippen molar-refractivity contribution in [3.8, 4) is 0 Å². The van der Waals surface area contributed by atoms with E-state index in [1.165, 1.54) is 5.57 Å². The number of aromatic nitrogens is 1. The minimum absolute atomic E-state index is 0.0546. The van der Waals surface area contributed by atoms with E-state index < -0.39 is 0 Å². The van der Waals surface area contributed by atoms with Crippen LogP contribution in [0, 0.1) is 0 Å². The molecule has 1 saturated heterocycles. The third-order valence-corrected chi connectivity index (χ3v) is 7.45. The second kappa shape index (κ2) is 10.0. The lowest BCUT2D eigenvalue weighted by molar-refractivity contribution is 0.0699. The van der Waals surface area contributed by atoms with E-state index >= 15 is 0 Å². The van der Waals surface area contributed by atoms with Crippen molar-refractivity contribution < 1.29 is 9.59 Å². The van der Waals surface area contributed by atoms with Crippen LogP contribution in [0.5, 0.6) is 0 Å². The quantitative estimate of drug-likeness (QED) is 0.398. The molecule has 5 heteroatoms. The molecule has 1 aromatic heterocycles. The van der Waals surface area contributed by atoms with Gasteiger partial charge >= 0.3 is 0 Å². The number of piperidine rings is 1. The highest BCUT2D eigenvalue weighted by atomic mass is 16.2. The molecule has 0 bridgehead atoms. The number of benzene rings is 3. The fraction of sp³-hybridized carbons (Fsp3) is 0.219. The zero-order valence-corrected chi connectivity index (χ0v) is 20.7. The predicted octanol–water partition coefficient (Wildman–Crippen LogP) is 5.76. The van der Waals surface area contributed by atoms with Gasteiger partial charge in [-0.1, -0.05) is 66.7 Å². The van der Waals surface area contributed by atoms with Crippen molar-refractivity contribution in [2.45, 2.75) is 31.7 Å². The molecule has 1 aliphatic carbocycles. The van der Waals surface area contributed by atoms with E-state index in [9.17, 15) is 9.59 Å². The Balaban J connectivity index is 1.25. The van der Waals surface area contributed by atoms with Crippen molar-refractivity contribution in [3.63, 3.8) is 0 Å². The second-order valence-electron chi connectivity index (χ2n) is 9.82. The number of rotatable bonds is 4. The summed E-state index contributed by atoms with van der Waals surface area (Å²) in [6.07, 6.45) is 5.38. The first kappa shape index (κ1) is 23.2. The Bertz CT molecular complexity index is 1490. The molecule has 1 aliphatic heterocycles. The normalized spacial score (nSPS) is 16.6. The molecule has 0 saturated carbocycles. The van der Waals surface area contributed by atoms with Gasteiger partial charge in [-0.3, -0.25) is 9.59 Å². The van der Waals surface area contributed by atoms with Crippen LogP contribution in [0.15, 0.2) is 84.9 Å². The van der Waals surface area contributed by atoms with Crippen molar-refractivity contribution in [1.82, 2.24) is 15.2 Å². The van der Waals surface area contributed by atoms with E-state index in [1.807, 2.05) is 77.7 Å². The van der Waals surface area contributed by atoms with Gasteiger partial charge in [0.05, 0.1) is 16.8 Å². The average Bonchev–Trinajstić information content (AvgIpc) is 3.34. The van der Waals surface area contributed by atoms with Gasteiger partial charge in [0, 0.05) is 30.1 Å². The average molecular weight is 488 g/mol. The Kier molecular flexibility index (Phi) is 6.27. The Hall–Kier alpha value is -4.25. The number of fused-ring (bicyclic) bond motifs is 2. The monoisotopic (exact) mass is 487 g/mol. The third kappa shape index (κ3) is 4.65. The molecule has 6 rings (SSSR count). The lowest BCUT2D eigenvalue weighted by atomic mass is 9.97. The molecule has 1 N–H and O–H groups in total. The van der Waals surface area contributed by atoms with Crippen LogP contribution in [0.1, 0.15) is 56.8 Å². The van der Waals surface area contributed by atoms with Crippen LogP contribution in [0.3, 0.4) is 0 Å². The van der Waals surface area contributed by atoms with E-state index in [0.717, 1.165) is 59.0 Å². The van der Waals surface area contributed by atoms with Gasteiger partial charge in [-0.25, -0.2) is 4.98 Å². The van der Waals surface area contributed by atoms with E-state index in [-0.39, 0.29) is 17.9 Å². The number of carbonyl (C=O) groups excluding carboxylic acids is 2. The Morgan fingerprint density at radius 3 is 2.27 bits per heavy atom.